The number of carbonyl (C=O) groups excluding carboxylic acids is 1. The third-order valence-corrected chi connectivity index (χ3v) is 3.53. The van der Waals surface area contributed by atoms with E-state index in [4.69, 9.17) is 19.4 Å². The molecule has 3 rings (SSSR count). The third kappa shape index (κ3) is 2.78. The number of benzene rings is 2. The van der Waals surface area contributed by atoms with Gasteiger partial charge >= 0.3 is 12.2 Å². The minimum atomic E-state index is -0.784. The first-order valence-corrected chi connectivity index (χ1v) is 7.20. The second kappa shape index (κ2) is 6.40. The van der Waals surface area contributed by atoms with Crippen LogP contribution in [0.3, 0.4) is 0 Å². The monoisotopic (exact) mass is 322 g/mol. The van der Waals surface area contributed by atoms with E-state index in [-0.39, 0.29) is 0 Å². The van der Waals surface area contributed by atoms with Crippen LogP contribution in [0.2, 0.25) is 0 Å². The number of hydrogen-bond acceptors (Lipinski definition) is 4. The summed E-state index contributed by atoms with van der Waals surface area (Å²) in [5, 5.41) is 0.853. The number of hydrogen-bond donors (Lipinski definition) is 0. The number of esters is 1. The summed E-state index contributed by atoms with van der Waals surface area (Å²) in [6.07, 6.45) is 0.686. The maximum Gasteiger partial charge on any atom is 0.419 e. The predicted octanol–water partition coefficient (Wildman–Crippen LogP) is 3.62. The van der Waals surface area contributed by atoms with Crippen LogP contribution in [-0.2, 0) is 4.79 Å². The number of rotatable bonds is 4. The molecule has 0 radical (unpaired) electrons. The Hall–Kier alpha value is -3.37. The van der Waals surface area contributed by atoms with E-state index >= 15 is 0 Å². The quantitative estimate of drug-likeness (QED) is 0.241. The zero-order valence-corrected chi connectivity index (χ0v) is 13.1. The number of ether oxygens (including phenoxy) is 2. The van der Waals surface area contributed by atoms with Crippen LogP contribution in [0.15, 0.2) is 46.9 Å². The van der Waals surface area contributed by atoms with E-state index in [1.165, 1.54) is 7.11 Å². The topological polar surface area (TPSA) is 85.1 Å². The largest absolute Gasteiger partial charge is 0.468 e. The Morgan fingerprint density at radius 2 is 2.04 bits per heavy atom. The molecule has 0 aliphatic carbocycles. The number of nitrogens with zero attached hydrogens (tertiary/aromatic N) is 2. The Labute approximate surface area is 137 Å². The molecule has 0 aliphatic rings. The molecule has 1 heterocycles. The molecule has 0 atom stereocenters. The summed E-state index contributed by atoms with van der Waals surface area (Å²) in [6, 6.07) is 12.8. The van der Waals surface area contributed by atoms with Gasteiger partial charge in [-0.1, -0.05) is 29.8 Å². The standard InChI is InChI=1S/C18H14N2O4/c1-11-7-8-15-13(9-11)17(18(22-2)24-15)12-5-3-4-6-14(12)23-16(21)10-20-19/h3-10H,1-2H3. The van der Waals surface area contributed by atoms with Gasteiger partial charge in [-0.25, -0.2) is 4.79 Å². The molecule has 0 saturated heterocycles. The average molecular weight is 322 g/mol. The van der Waals surface area contributed by atoms with E-state index in [2.05, 4.69) is 4.79 Å². The minimum absolute atomic E-state index is 0.310. The summed E-state index contributed by atoms with van der Waals surface area (Å²) < 4.78 is 16.3. The number of aryl methyl sites for hydroxylation is 1. The summed E-state index contributed by atoms with van der Waals surface area (Å²) in [6.45, 7) is 1.98. The van der Waals surface area contributed by atoms with E-state index in [9.17, 15) is 4.79 Å². The summed E-state index contributed by atoms with van der Waals surface area (Å²) in [4.78, 5) is 14.3. The normalized spacial score (nSPS) is 10.2. The Balaban J connectivity index is 2.22. The molecule has 2 aromatic carbocycles. The van der Waals surface area contributed by atoms with Crippen LogP contribution in [0, 0.1) is 6.92 Å². The third-order valence-electron chi connectivity index (χ3n) is 3.53. The summed E-state index contributed by atoms with van der Waals surface area (Å²) in [5.41, 5.74) is 11.5. The van der Waals surface area contributed by atoms with E-state index in [0.29, 0.717) is 34.6 Å². The zero-order chi connectivity index (χ0) is 17.1. The van der Waals surface area contributed by atoms with Gasteiger partial charge in [0.15, 0.2) is 0 Å². The molecular weight excluding hydrogens is 308 g/mol. The number of fused-ring (bicyclic) bond motifs is 1. The van der Waals surface area contributed by atoms with Crippen molar-refractivity contribution in [1.29, 1.82) is 0 Å². The fourth-order valence-corrected chi connectivity index (χ4v) is 2.53. The number of methoxy groups -OCH3 is 1. The molecule has 0 unspecified atom stereocenters. The van der Waals surface area contributed by atoms with Gasteiger partial charge in [-0.2, -0.15) is 4.79 Å². The fraction of sp³-hybridized carbons (Fsp3) is 0.111. The maximum absolute atomic E-state index is 11.6. The van der Waals surface area contributed by atoms with Crippen molar-refractivity contribution in [3.05, 3.63) is 53.6 Å². The molecule has 0 saturated carbocycles. The van der Waals surface area contributed by atoms with Crippen LogP contribution < -0.4 is 9.47 Å². The van der Waals surface area contributed by atoms with E-state index in [1.807, 2.05) is 31.2 Å². The Kier molecular flexibility index (Phi) is 4.14. The van der Waals surface area contributed by atoms with E-state index < -0.39 is 5.97 Å². The van der Waals surface area contributed by atoms with Gasteiger partial charge in [0.05, 0.1) is 12.7 Å². The van der Waals surface area contributed by atoms with E-state index in [1.54, 1.807) is 18.2 Å². The van der Waals surface area contributed by atoms with Crippen molar-refractivity contribution < 1.29 is 23.5 Å². The number of para-hydroxylation sites is 1. The minimum Gasteiger partial charge on any atom is -0.468 e. The smallest absolute Gasteiger partial charge is 0.419 e. The highest BCUT2D eigenvalue weighted by Gasteiger charge is 2.21. The zero-order valence-electron chi connectivity index (χ0n) is 13.1. The molecule has 1 aromatic heterocycles. The van der Waals surface area contributed by atoms with Crippen molar-refractivity contribution in [2.24, 2.45) is 0 Å². The second-order valence-electron chi connectivity index (χ2n) is 5.13. The van der Waals surface area contributed by atoms with Crippen LogP contribution in [0.5, 0.6) is 11.7 Å². The molecule has 0 amide bonds. The first kappa shape index (κ1) is 15.5. The molecule has 0 N–H and O–H groups in total. The van der Waals surface area contributed by atoms with Gasteiger partial charge in [-0.15, -0.1) is 0 Å². The van der Waals surface area contributed by atoms with Gasteiger partial charge in [0.1, 0.15) is 11.3 Å². The fourth-order valence-electron chi connectivity index (χ4n) is 2.53. The molecule has 0 bridgehead atoms. The van der Waals surface area contributed by atoms with Gasteiger partial charge in [0, 0.05) is 10.9 Å². The molecule has 0 spiro atoms. The van der Waals surface area contributed by atoms with Crippen LogP contribution in [0.1, 0.15) is 5.56 Å². The molecule has 0 fully saturated rings. The summed E-state index contributed by atoms with van der Waals surface area (Å²) in [5.74, 6) is -0.146. The summed E-state index contributed by atoms with van der Waals surface area (Å²) in [7, 11) is 1.51. The van der Waals surface area contributed by atoms with Gasteiger partial charge < -0.3 is 19.4 Å². The van der Waals surface area contributed by atoms with Crippen molar-refractivity contribution in [2.45, 2.75) is 6.92 Å². The molecule has 120 valence electrons. The van der Waals surface area contributed by atoms with Crippen LogP contribution in [-0.4, -0.2) is 24.1 Å². The SMILES string of the molecule is COc1oc2ccc(C)cc2c1-c1ccccc1OC(=O)C=[N+]=[N-]. The van der Waals surface area contributed by atoms with Crippen LogP contribution >= 0.6 is 0 Å². The lowest BCUT2D eigenvalue weighted by Crippen LogP contribution is -2.10. The summed E-state index contributed by atoms with van der Waals surface area (Å²) >= 11 is 0. The number of carbonyl (C=O) groups is 1. The van der Waals surface area contributed by atoms with Crippen molar-refractivity contribution in [3.63, 3.8) is 0 Å². The van der Waals surface area contributed by atoms with Crippen molar-refractivity contribution in [2.75, 3.05) is 7.11 Å². The highest BCUT2D eigenvalue weighted by Crippen LogP contribution is 2.43. The number of furan rings is 1. The predicted molar refractivity (Wildman–Crippen MR) is 88.3 cm³/mol. The van der Waals surface area contributed by atoms with E-state index in [0.717, 1.165) is 10.9 Å². The first-order chi connectivity index (χ1) is 11.6. The Bertz CT molecular complexity index is 968. The Morgan fingerprint density at radius 3 is 2.79 bits per heavy atom. The first-order valence-electron chi connectivity index (χ1n) is 7.20. The molecule has 0 aliphatic heterocycles. The van der Waals surface area contributed by atoms with Crippen LogP contribution in [0.4, 0.5) is 0 Å². The maximum atomic E-state index is 11.6. The van der Waals surface area contributed by atoms with Crippen LogP contribution in [0.25, 0.3) is 27.6 Å². The highest BCUT2D eigenvalue weighted by molar-refractivity contribution is 6.21. The Morgan fingerprint density at radius 1 is 1.25 bits per heavy atom. The molecular formula is C18H14N2O4. The average Bonchev–Trinajstić information content (AvgIpc) is 2.93. The second-order valence-corrected chi connectivity index (χ2v) is 5.13. The highest BCUT2D eigenvalue weighted by atomic mass is 16.6. The lowest BCUT2D eigenvalue weighted by Gasteiger charge is -2.08. The molecule has 6 nitrogen and oxygen atoms in total. The van der Waals surface area contributed by atoms with Crippen molar-refractivity contribution in [3.8, 4) is 22.8 Å². The lowest BCUT2D eigenvalue weighted by atomic mass is 10.0. The van der Waals surface area contributed by atoms with Gasteiger partial charge in [0.2, 0.25) is 0 Å². The molecule has 24 heavy (non-hydrogen) atoms. The van der Waals surface area contributed by atoms with Gasteiger partial charge in [-0.05, 0) is 25.1 Å². The molecule has 3 aromatic rings. The van der Waals surface area contributed by atoms with Gasteiger partial charge in [0.25, 0.3) is 5.95 Å². The van der Waals surface area contributed by atoms with Gasteiger partial charge in [-0.3, -0.25) is 0 Å². The lowest BCUT2D eigenvalue weighted by molar-refractivity contribution is -0.130. The van der Waals surface area contributed by atoms with Crippen molar-refractivity contribution >= 4 is 23.2 Å². The molecule has 6 heteroatoms. The van der Waals surface area contributed by atoms with Crippen molar-refractivity contribution in [1.82, 2.24) is 0 Å².